The summed E-state index contributed by atoms with van der Waals surface area (Å²) in [4.78, 5) is 12.6. The molecule has 1 unspecified atom stereocenters. The van der Waals surface area contributed by atoms with E-state index in [0.717, 1.165) is 44.3 Å². The Bertz CT molecular complexity index is 508. The first kappa shape index (κ1) is 15.5. The minimum Gasteiger partial charge on any atom is -0.349 e. The zero-order valence-corrected chi connectivity index (χ0v) is 13.0. The summed E-state index contributed by atoms with van der Waals surface area (Å²) in [6.45, 7) is 1.82. The van der Waals surface area contributed by atoms with Gasteiger partial charge < -0.3 is 10.6 Å². The molecule has 2 fully saturated rings. The smallest absolute Gasteiger partial charge is 0.223 e. The minimum absolute atomic E-state index is 0.0411. The summed E-state index contributed by atoms with van der Waals surface area (Å²) in [6.07, 6.45) is 6.44. The van der Waals surface area contributed by atoms with Gasteiger partial charge in [-0.2, -0.15) is 0 Å². The molecule has 4 heteroatoms. The van der Waals surface area contributed by atoms with Crippen molar-refractivity contribution in [2.45, 2.75) is 44.6 Å². The van der Waals surface area contributed by atoms with E-state index < -0.39 is 0 Å². The Hall–Kier alpha value is -1.42. The molecular formula is C18H25FN2O. The van der Waals surface area contributed by atoms with Gasteiger partial charge in [0, 0.05) is 5.92 Å². The summed E-state index contributed by atoms with van der Waals surface area (Å²) in [5.41, 5.74) is 0.911. The molecule has 1 aromatic carbocycles. The summed E-state index contributed by atoms with van der Waals surface area (Å²) >= 11 is 0. The zero-order valence-electron chi connectivity index (χ0n) is 13.0. The zero-order chi connectivity index (χ0) is 15.4. The number of carbonyl (C=O) groups is 1. The van der Waals surface area contributed by atoms with Crippen LogP contribution in [0.4, 0.5) is 4.39 Å². The number of carbonyl (C=O) groups excluding carboxylic acids is 1. The maximum absolute atomic E-state index is 13.6. The lowest BCUT2D eigenvalue weighted by molar-refractivity contribution is -0.126. The number of nitrogens with one attached hydrogen (secondary N) is 2. The number of hydrogen-bond acceptors (Lipinski definition) is 2. The molecule has 1 heterocycles. The van der Waals surface area contributed by atoms with E-state index in [1.54, 1.807) is 12.1 Å². The second kappa shape index (κ2) is 7.23. The fourth-order valence-electron chi connectivity index (χ4n) is 3.82. The fraction of sp³-hybridized carbons (Fsp3) is 0.611. The molecule has 120 valence electrons. The number of piperidine rings is 1. The minimum atomic E-state index is -0.225. The third-order valence-electron chi connectivity index (χ3n) is 5.09. The highest BCUT2D eigenvalue weighted by Gasteiger charge is 2.30. The van der Waals surface area contributed by atoms with E-state index in [1.807, 2.05) is 6.07 Å². The van der Waals surface area contributed by atoms with Gasteiger partial charge in [0.1, 0.15) is 5.82 Å². The van der Waals surface area contributed by atoms with Gasteiger partial charge in [-0.25, -0.2) is 4.39 Å². The van der Waals surface area contributed by atoms with E-state index in [1.165, 1.54) is 18.9 Å². The summed E-state index contributed by atoms with van der Waals surface area (Å²) in [7, 11) is 0. The average Bonchev–Trinajstić information content (AvgIpc) is 3.07. The van der Waals surface area contributed by atoms with Crippen LogP contribution in [-0.4, -0.2) is 19.0 Å². The first-order valence-electron chi connectivity index (χ1n) is 8.50. The van der Waals surface area contributed by atoms with Crippen LogP contribution in [0, 0.1) is 17.7 Å². The van der Waals surface area contributed by atoms with Crippen molar-refractivity contribution in [3.8, 4) is 0 Å². The second-order valence-corrected chi connectivity index (χ2v) is 6.61. The van der Waals surface area contributed by atoms with Gasteiger partial charge in [-0.15, -0.1) is 0 Å². The monoisotopic (exact) mass is 304 g/mol. The van der Waals surface area contributed by atoms with Crippen molar-refractivity contribution in [3.05, 3.63) is 35.6 Å². The summed E-state index contributed by atoms with van der Waals surface area (Å²) in [6, 6.07) is 6.67. The topological polar surface area (TPSA) is 41.1 Å². The van der Waals surface area contributed by atoms with E-state index in [2.05, 4.69) is 10.6 Å². The van der Waals surface area contributed by atoms with Crippen molar-refractivity contribution in [1.82, 2.24) is 10.6 Å². The van der Waals surface area contributed by atoms with Gasteiger partial charge in [-0.05, 0) is 62.4 Å². The van der Waals surface area contributed by atoms with Crippen LogP contribution in [-0.2, 0) is 4.79 Å². The van der Waals surface area contributed by atoms with Crippen LogP contribution in [0.15, 0.2) is 24.3 Å². The third kappa shape index (κ3) is 3.67. The maximum atomic E-state index is 13.6. The first-order chi connectivity index (χ1) is 10.7. The maximum Gasteiger partial charge on any atom is 0.223 e. The van der Waals surface area contributed by atoms with Gasteiger partial charge in [0.2, 0.25) is 5.91 Å². The Kier molecular flexibility index (Phi) is 5.08. The van der Waals surface area contributed by atoms with Crippen molar-refractivity contribution < 1.29 is 9.18 Å². The van der Waals surface area contributed by atoms with Crippen LogP contribution in [0.25, 0.3) is 0 Å². The Morgan fingerprint density at radius 2 is 1.91 bits per heavy atom. The molecule has 22 heavy (non-hydrogen) atoms. The molecule has 1 atom stereocenters. The number of benzene rings is 1. The molecule has 0 aromatic heterocycles. The highest BCUT2D eigenvalue weighted by atomic mass is 19.1. The SMILES string of the molecule is O=C(NC(c1cccc(F)c1)C1CCCC1)C1CCNCC1. The first-order valence-corrected chi connectivity index (χ1v) is 8.50. The van der Waals surface area contributed by atoms with Gasteiger partial charge in [0.25, 0.3) is 0 Å². The molecule has 1 saturated heterocycles. The molecule has 0 spiro atoms. The van der Waals surface area contributed by atoms with Crippen LogP contribution >= 0.6 is 0 Å². The van der Waals surface area contributed by atoms with Gasteiger partial charge in [0.15, 0.2) is 0 Å². The molecular weight excluding hydrogens is 279 g/mol. The van der Waals surface area contributed by atoms with E-state index in [0.29, 0.717) is 5.92 Å². The molecule has 1 aliphatic heterocycles. The molecule has 2 N–H and O–H groups in total. The second-order valence-electron chi connectivity index (χ2n) is 6.61. The predicted molar refractivity (Wildman–Crippen MR) is 84.8 cm³/mol. The predicted octanol–water partition coefficient (Wildman–Crippen LogP) is 3.17. The Balaban J connectivity index is 1.74. The largest absolute Gasteiger partial charge is 0.349 e. The van der Waals surface area contributed by atoms with Gasteiger partial charge in [0.05, 0.1) is 6.04 Å². The molecule has 2 aliphatic rings. The van der Waals surface area contributed by atoms with Crippen LogP contribution in [0.3, 0.4) is 0 Å². The molecule has 1 aromatic rings. The highest BCUT2D eigenvalue weighted by molar-refractivity contribution is 5.79. The number of amides is 1. The van der Waals surface area contributed by atoms with Crippen LogP contribution < -0.4 is 10.6 Å². The molecule has 0 radical (unpaired) electrons. The molecule has 1 amide bonds. The standard InChI is InChI=1S/C18H25FN2O/c19-16-7-3-6-15(12-16)17(13-4-1-2-5-13)21-18(22)14-8-10-20-11-9-14/h3,6-7,12-14,17,20H,1-2,4-5,8-11H2,(H,21,22). The van der Waals surface area contributed by atoms with E-state index in [-0.39, 0.29) is 23.7 Å². The molecule has 1 aliphatic carbocycles. The number of rotatable bonds is 4. The lowest BCUT2D eigenvalue weighted by Gasteiger charge is -2.29. The Labute approximate surface area is 131 Å². The summed E-state index contributed by atoms with van der Waals surface area (Å²) in [5.74, 6) is 0.449. The number of halogens is 1. The lowest BCUT2D eigenvalue weighted by Crippen LogP contribution is -2.41. The van der Waals surface area contributed by atoms with E-state index in [4.69, 9.17) is 0 Å². The Morgan fingerprint density at radius 3 is 2.59 bits per heavy atom. The third-order valence-corrected chi connectivity index (χ3v) is 5.09. The van der Waals surface area contributed by atoms with E-state index >= 15 is 0 Å². The average molecular weight is 304 g/mol. The van der Waals surface area contributed by atoms with E-state index in [9.17, 15) is 9.18 Å². The van der Waals surface area contributed by atoms with Gasteiger partial charge >= 0.3 is 0 Å². The number of hydrogen-bond donors (Lipinski definition) is 2. The normalized spacial score (nSPS) is 21.7. The molecule has 3 rings (SSSR count). The molecule has 1 saturated carbocycles. The molecule has 0 bridgehead atoms. The van der Waals surface area contributed by atoms with Crippen LogP contribution in [0.2, 0.25) is 0 Å². The van der Waals surface area contributed by atoms with Crippen molar-refractivity contribution in [2.24, 2.45) is 11.8 Å². The quantitative estimate of drug-likeness (QED) is 0.897. The van der Waals surface area contributed by atoms with Gasteiger partial charge in [-0.1, -0.05) is 25.0 Å². The highest BCUT2D eigenvalue weighted by Crippen LogP contribution is 2.36. The van der Waals surface area contributed by atoms with Crippen molar-refractivity contribution in [3.63, 3.8) is 0 Å². The van der Waals surface area contributed by atoms with Crippen molar-refractivity contribution in [1.29, 1.82) is 0 Å². The van der Waals surface area contributed by atoms with Crippen molar-refractivity contribution >= 4 is 5.91 Å². The van der Waals surface area contributed by atoms with Gasteiger partial charge in [-0.3, -0.25) is 4.79 Å². The lowest BCUT2D eigenvalue weighted by atomic mass is 9.90. The molecule has 3 nitrogen and oxygen atoms in total. The van der Waals surface area contributed by atoms with Crippen molar-refractivity contribution in [2.75, 3.05) is 13.1 Å². The summed E-state index contributed by atoms with van der Waals surface area (Å²) < 4.78 is 13.6. The summed E-state index contributed by atoms with van der Waals surface area (Å²) in [5, 5.41) is 6.53. The van der Waals surface area contributed by atoms with Crippen LogP contribution in [0.5, 0.6) is 0 Å². The van der Waals surface area contributed by atoms with Crippen LogP contribution in [0.1, 0.15) is 50.1 Å². The fourth-order valence-corrected chi connectivity index (χ4v) is 3.82. The Morgan fingerprint density at radius 1 is 1.18 bits per heavy atom.